The van der Waals surface area contributed by atoms with Crippen molar-refractivity contribution in [1.82, 2.24) is 15.3 Å². The highest BCUT2D eigenvalue weighted by Crippen LogP contribution is 2.23. The number of nitrogens with zero attached hydrogens (tertiary/aromatic N) is 2. The molecule has 4 N–H and O–H groups in total. The summed E-state index contributed by atoms with van der Waals surface area (Å²) in [6, 6.07) is 15.0. The summed E-state index contributed by atoms with van der Waals surface area (Å²) < 4.78 is 5.30. The van der Waals surface area contributed by atoms with Crippen LogP contribution in [0, 0.1) is 0 Å². The van der Waals surface area contributed by atoms with E-state index in [1.807, 2.05) is 48.5 Å². The number of carbonyl (C=O) groups excluding carboxylic acids is 1. The Hall–Kier alpha value is -3.23. The summed E-state index contributed by atoms with van der Waals surface area (Å²) in [4.78, 5) is 20.9. The number of hydrogen-bond acceptors (Lipinski definition) is 6. The van der Waals surface area contributed by atoms with E-state index in [-0.39, 0.29) is 30.7 Å². The van der Waals surface area contributed by atoms with Crippen molar-refractivity contribution < 1.29 is 14.6 Å². The molecule has 2 amide bonds. The Morgan fingerprint density at radius 2 is 1.97 bits per heavy atom. The number of fused-ring (bicyclic) bond motifs is 1. The first-order valence-electron chi connectivity index (χ1n) is 10.1. The van der Waals surface area contributed by atoms with Crippen LogP contribution < -0.4 is 16.0 Å². The molecule has 8 heteroatoms. The van der Waals surface area contributed by atoms with Gasteiger partial charge in [-0.2, -0.15) is 0 Å². The zero-order valence-corrected chi connectivity index (χ0v) is 16.5. The van der Waals surface area contributed by atoms with Crippen molar-refractivity contribution in [2.24, 2.45) is 0 Å². The number of aromatic nitrogens is 2. The molecule has 1 aliphatic heterocycles. The Bertz CT molecular complexity index is 992. The number of amides is 2. The van der Waals surface area contributed by atoms with Crippen molar-refractivity contribution in [3.63, 3.8) is 0 Å². The van der Waals surface area contributed by atoms with Gasteiger partial charge in [0.15, 0.2) is 0 Å². The van der Waals surface area contributed by atoms with E-state index in [0.29, 0.717) is 18.7 Å². The maximum atomic E-state index is 12.2. The molecule has 0 spiro atoms. The molecule has 4 rings (SSSR count). The molecule has 3 aromatic rings. The summed E-state index contributed by atoms with van der Waals surface area (Å²) >= 11 is 0. The third kappa shape index (κ3) is 5.03. The lowest BCUT2D eigenvalue weighted by molar-refractivity contribution is 0.0806. The Balaban J connectivity index is 1.46. The molecule has 1 unspecified atom stereocenters. The van der Waals surface area contributed by atoms with Gasteiger partial charge in [0, 0.05) is 36.5 Å². The van der Waals surface area contributed by atoms with Gasteiger partial charge in [-0.15, -0.1) is 0 Å². The summed E-state index contributed by atoms with van der Waals surface area (Å²) in [5, 5.41) is 19.6. The Morgan fingerprint density at radius 1 is 1.17 bits per heavy atom. The van der Waals surface area contributed by atoms with Gasteiger partial charge in [-0.1, -0.05) is 30.3 Å². The normalized spacial score (nSPS) is 15.5. The van der Waals surface area contributed by atoms with E-state index in [9.17, 15) is 9.90 Å². The Labute approximate surface area is 174 Å². The van der Waals surface area contributed by atoms with E-state index in [0.717, 1.165) is 29.5 Å². The molecule has 2 heterocycles. The predicted molar refractivity (Wildman–Crippen MR) is 115 cm³/mol. The van der Waals surface area contributed by atoms with E-state index in [1.165, 1.54) is 0 Å². The predicted octanol–water partition coefficient (Wildman–Crippen LogP) is 3.08. The Morgan fingerprint density at radius 3 is 2.73 bits per heavy atom. The summed E-state index contributed by atoms with van der Waals surface area (Å²) in [6.07, 6.45) is 3.28. The molecule has 0 radical (unpaired) electrons. The van der Waals surface area contributed by atoms with Crippen LogP contribution in [0.4, 0.5) is 16.4 Å². The summed E-state index contributed by atoms with van der Waals surface area (Å²) in [5.41, 5.74) is 2.51. The fraction of sp³-hybridized carbons (Fsp3) is 0.318. The molecule has 2 aromatic carbocycles. The number of carbonyl (C=O) groups is 1. The number of benzene rings is 2. The van der Waals surface area contributed by atoms with Crippen molar-refractivity contribution in [3.8, 4) is 0 Å². The van der Waals surface area contributed by atoms with Crippen molar-refractivity contribution >= 4 is 28.6 Å². The van der Waals surface area contributed by atoms with Gasteiger partial charge in [0.2, 0.25) is 5.95 Å². The highest BCUT2D eigenvalue weighted by Gasteiger charge is 2.16. The number of aliphatic hydroxyl groups excluding tert-OH is 1. The van der Waals surface area contributed by atoms with Gasteiger partial charge in [-0.3, -0.25) is 5.32 Å². The summed E-state index contributed by atoms with van der Waals surface area (Å²) in [6.45, 7) is 1.28. The monoisotopic (exact) mass is 407 g/mol. The third-order valence-corrected chi connectivity index (χ3v) is 5.09. The van der Waals surface area contributed by atoms with Crippen LogP contribution in [0.25, 0.3) is 10.9 Å². The van der Waals surface area contributed by atoms with Crippen LogP contribution in [0.15, 0.2) is 54.7 Å². The van der Waals surface area contributed by atoms with E-state index < -0.39 is 0 Å². The zero-order valence-electron chi connectivity index (χ0n) is 16.5. The van der Waals surface area contributed by atoms with E-state index in [2.05, 4.69) is 25.9 Å². The van der Waals surface area contributed by atoms with Crippen LogP contribution in [0.2, 0.25) is 0 Å². The van der Waals surface area contributed by atoms with Gasteiger partial charge in [-0.25, -0.2) is 14.8 Å². The summed E-state index contributed by atoms with van der Waals surface area (Å²) in [5.74, 6) is 0.242. The number of aliphatic hydroxyl groups is 1. The second-order valence-electron chi connectivity index (χ2n) is 7.24. The average Bonchev–Trinajstić information content (AvgIpc) is 2.78. The second kappa shape index (κ2) is 9.51. The fourth-order valence-electron chi connectivity index (χ4n) is 3.46. The van der Waals surface area contributed by atoms with Crippen molar-refractivity contribution in [3.05, 3.63) is 60.3 Å². The van der Waals surface area contributed by atoms with Crippen LogP contribution in [0.3, 0.4) is 0 Å². The van der Waals surface area contributed by atoms with Gasteiger partial charge >= 0.3 is 6.03 Å². The zero-order chi connectivity index (χ0) is 20.8. The molecule has 1 atom stereocenters. The number of rotatable bonds is 6. The van der Waals surface area contributed by atoms with Crippen molar-refractivity contribution in [1.29, 1.82) is 0 Å². The molecule has 1 aliphatic rings. The lowest BCUT2D eigenvalue weighted by Crippen LogP contribution is -2.41. The molecule has 156 valence electrons. The molecule has 0 bridgehead atoms. The smallest absolute Gasteiger partial charge is 0.321 e. The molecule has 1 aromatic heterocycles. The number of ether oxygens (including phenoxy) is 1. The largest absolute Gasteiger partial charge is 0.394 e. The minimum atomic E-state index is -0.319. The number of hydrogen-bond donors (Lipinski definition) is 4. The van der Waals surface area contributed by atoms with Gasteiger partial charge < -0.3 is 20.5 Å². The van der Waals surface area contributed by atoms with E-state index >= 15 is 0 Å². The quantitative estimate of drug-likeness (QED) is 0.500. The van der Waals surface area contributed by atoms with Crippen LogP contribution in [0.1, 0.15) is 24.4 Å². The van der Waals surface area contributed by atoms with Crippen molar-refractivity contribution in [2.75, 3.05) is 30.5 Å². The van der Waals surface area contributed by atoms with Crippen LogP contribution in [-0.4, -0.2) is 47.0 Å². The first-order chi connectivity index (χ1) is 14.7. The molecular weight excluding hydrogens is 382 g/mol. The minimum absolute atomic E-state index is 0.0367. The maximum Gasteiger partial charge on any atom is 0.321 e. The van der Waals surface area contributed by atoms with E-state index in [4.69, 9.17) is 4.74 Å². The van der Waals surface area contributed by atoms with Crippen LogP contribution in [-0.2, 0) is 4.74 Å². The number of anilines is 2. The molecule has 0 aliphatic carbocycles. The highest BCUT2D eigenvalue weighted by atomic mass is 16.5. The minimum Gasteiger partial charge on any atom is -0.394 e. The van der Waals surface area contributed by atoms with Crippen LogP contribution in [0.5, 0.6) is 0 Å². The maximum absolute atomic E-state index is 12.2. The molecular formula is C22H25N5O3. The van der Waals surface area contributed by atoms with Gasteiger partial charge in [-0.05, 0) is 36.6 Å². The van der Waals surface area contributed by atoms with Gasteiger partial charge in [0.05, 0.1) is 18.2 Å². The first kappa shape index (κ1) is 20.1. The standard InChI is InChI=1S/C22H25N5O3/c28-14-20(15-4-2-1-3-5-15)24-18-7-6-16-13-23-21(26-19(16)12-18)27-22(29)25-17-8-10-30-11-9-17/h1-7,12-13,17,20,24,28H,8-11,14H2,(H2,23,25,26,27,29). The molecule has 8 nitrogen and oxygen atoms in total. The van der Waals surface area contributed by atoms with Crippen molar-refractivity contribution in [2.45, 2.75) is 24.9 Å². The third-order valence-electron chi connectivity index (χ3n) is 5.09. The van der Waals surface area contributed by atoms with Gasteiger partial charge in [0.25, 0.3) is 0 Å². The molecule has 1 fully saturated rings. The van der Waals surface area contributed by atoms with Gasteiger partial charge in [0.1, 0.15) is 0 Å². The topological polar surface area (TPSA) is 108 Å². The molecule has 1 saturated heterocycles. The number of urea groups is 1. The Kier molecular flexibility index (Phi) is 6.36. The summed E-state index contributed by atoms with van der Waals surface area (Å²) in [7, 11) is 0. The lowest BCUT2D eigenvalue weighted by Gasteiger charge is -2.22. The highest BCUT2D eigenvalue weighted by molar-refractivity contribution is 5.89. The molecule has 30 heavy (non-hydrogen) atoms. The lowest BCUT2D eigenvalue weighted by atomic mass is 10.1. The van der Waals surface area contributed by atoms with E-state index in [1.54, 1.807) is 6.20 Å². The molecule has 0 saturated carbocycles. The SMILES string of the molecule is O=C(Nc1ncc2ccc(NC(CO)c3ccccc3)cc2n1)NC1CCOCC1. The average molecular weight is 407 g/mol. The first-order valence-corrected chi connectivity index (χ1v) is 10.1. The number of nitrogens with one attached hydrogen (secondary N) is 3. The van der Waals surface area contributed by atoms with Crippen LogP contribution >= 0.6 is 0 Å². The second-order valence-corrected chi connectivity index (χ2v) is 7.24. The fourth-order valence-corrected chi connectivity index (χ4v) is 3.46.